The zero-order valence-electron chi connectivity index (χ0n) is 13.4. The van der Waals surface area contributed by atoms with E-state index in [1.807, 2.05) is 52.0 Å². The molecule has 0 aliphatic carbocycles. The van der Waals surface area contributed by atoms with Crippen molar-refractivity contribution in [1.29, 1.82) is 0 Å². The summed E-state index contributed by atoms with van der Waals surface area (Å²) in [4.78, 5) is 11.1. The van der Waals surface area contributed by atoms with E-state index in [2.05, 4.69) is 0 Å². The van der Waals surface area contributed by atoms with Crippen LogP contribution in [0.1, 0.15) is 46.6 Å². The number of ether oxygens (including phenoxy) is 1. The molecular formula is C16H23BO4. The summed E-state index contributed by atoms with van der Waals surface area (Å²) in [6, 6.07) is 7.78. The van der Waals surface area contributed by atoms with Crippen molar-refractivity contribution in [3.8, 4) is 0 Å². The van der Waals surface area contributed by atoms with E-state index >= 15 is 0 Å². The predicted octanol–water partition coefficient (Wildman–Crippen LogP) is 2.44. The molecule has 0 unspecified atom stereocenters. The Hall–Kier alpha value is -1.33. The Balaban J connectivity index is 2.02. The first-order valence-corrected chi connectivity index (χ1v) is 7.35. The first-order chi connectivity index (χ1) is 9.75. The molecule has 0 spiro atoms. The summed E-state index contributed by atoms with van der Waals surface area (Å²) in [6.07, 6.45) is 0.395. The van der Waals surface area contributed by atoms with Crippen molar-refractivity contribution < 1.29 is 18.8 Å². The average molecular weight is 290 g/mol. The standard InChI is InChI=1S/C16H23BO4/c1-6-14(18)19-11-12-7-9-13(10-8-12)17-20-15(2,3)16(4,5)21-17/h7-10H,6,11H2,1-5H3. The van der Waals surface area contributed by atoms with Crippen molar-refractivity contribution in [1.82, 2.24) is 0 Å². The maximum Gasteiger partial charge on any atom is 0.494 e. The van der Waals surface area contributed by atoms with Crippen LogP contribution in [0.3, 0.4) is 0 Å². The van der Waals surface area contributed by atoms with Gasteiger partial charge >= 0.3 is 13.1 Å². The summed E-state index contributed by atoms with van der Waals surface area (Å²) in [5.74, 6) is -0.190. The Morgan fingerprint density at radius 3 is 2.10 bits per heavy atom. The minimum absolute atomic E-state index is 0.190. The van der Waals surface area contributed by atoms with Crippen LogP contribution >= 0.6 is 0 Å². The van der Waals surface area contributed by atoms with E-state index in [0.29, 0.717) is 13.0 Å². The van der Waals surface area contributed by atoms with Crippen LogP contribution in [0.4, 0.5) is 0 Å². The van der Waals surface area contributed by atoms with Crippen LogP contribution in [-0.2, 0) is 25.4 Å². The Morgan fingerprint density at radius 1 is 1.10 bits per heavy atom. The number of hydrogen-bond donors (Lipinski definition) is 0. The number of benzene rings is 1. The molecular weight excluding hydrogens is 267 g/mol. The topological polar surface area (TPSA) is 44.8 Å². The number of carbonyl (C=O) groups is 1. The normalized spacial score (nSPS) is 19.6. The highest BCUT2D eigenvalue weighted by atomic mass is 16.7. The van der Waals surface area contributed by atoms with Gasteiger partial charge in [-0.25, -0.2) is 0 Å². The largest absolute Gasteiger partial charge is 0.494 e. The van der Waals surface area contributed by atoms with Crippen molar-refractivity contribution in [3.05, 3.63) is 29.8 Å². The molecule has 0 bridgehead atoms. The average Bonchev–Trinajstić information content (AvgIpc) is 2.65. The van der Waals surface area contributed by atoms with Crippen LogP contribution in [0.5, 0.6) is 0 Å². The Labute approximate surface area is 126 Å². The second kappa shape index (κ2) is 5.81. The van der Waals surface area contributed by atoms with Gasteiger partial charge in [0.15, 0.2) is 0 Å². The van der Waals surface area contributed by atoms with E-state index in [4.69, 9.17) is 14.0 Å². The second-order valence-corrected chi connectivity index (χ2v) is 6.34. The van der Waals surface area contributed by atoms with E-state index in [-0.39, 0.29) is 24.3 Å². The molecule has 0 radical (unpaired) electrons. The van der Waals surface area contributed by atoms with Gasteiger partial charge in [-0.1, -0.05) is 31.2 Å². The molecule has 0 atom stereocenters. The Bertz CT molecular complexity index is 492. The molecule has 1 saturated heterocycles. The van der Waals surface area contributed by atoms with Gasteiger partial charge in [0.1, 0.15) is 6.61 Å². The summed E-state index contributed by atoms with van der Waals surface area (Å²) in [5, 5.41) is 0. The summed E-state index contributed by atoms with van der Waals surface area (Å²) in [5.41, 5.74) is 1.25. The molecule has 1 aliphatic heterocycles. The van der Waals surface area contributed by atoms with E-state index in [1.54, 1.807) is 6.92 Å². The molecule has 1 aromatic carbocycles. The highest BCUT2D eigenvalue weighted by molar-refractivity contribution is 6.62. The minimum Gasteiger partial charge on any atom is -0.461 e. The number of carbonyl (C=O) groups excluding carboxylic acids is 1. The molecule has 114 valence electrons. The lowest BCUT2D eigenvalue weighted by molar-refractivity contribution is -0.144. The first-order valence-electron chi connectivity index (χ1n) is 7.35. The van der Waals surface area contributed by atoms with E-state index in [0.717, 1.165) is 11.0 Å². The van der Waals surface area contributed by atoms with Gasteiger partial charge in [0.05, 0.1) is 11.2 Å². The van der Waals surface area contributed by atoms with Gasteiger partial charge in [-0.05, 0) is 38.7 Å². The zero-order valence-corrected chi connectivity index (χ0v) is 13.4. The fourth-order valence-electron chi connectivity index (χ4n) is 2.02. The maximum atomic E-state index is 11.1. The van der Waals surface area contributed by atoms with E-state index in [1.165, 1.54) is 0 Å². The molecule has 5 heteroatoms. The summed E-state index contributed by atoms with van der Waals surface area (Å²) < 4.78 is 17.1. The Morgan fingerprint density at radius 2 is 1.62 bits per heavy atom. The van der Waals surface area contributed by atoms with Gasteiger partial charge < -0.3 is 14.0 Å². The summed E-state index contributed by atoms with van der Waals surface area (Å²) in [6.45, 7) is 10.2. The van der Waals surface area contributed by atoms with Gasteiger partial charge in [0.2, 0.25) is 0 Å². The molecule has 0 saturated carbocycles. The fraction of sp³-hybridized carbons (Fsp3) is 0.562. The number of hydrogen-bond acceptors (Lipinski definition) is 4. The van der Waals surface area contributed by atoms with Crippen LogP contribution in [0.2, 0.25) is 0 Å². The van der Waals surface area contributed by atoms with Gasteiger partial charge in [-0.3, -0.25) is 4.79 Å². The van der Waals surface area contributed by atoms with Crippen molar-refractivity contribution in [2.24, 2.45) is 0 Å². The monoisotopic (exact) mass is 290 g/mol. The Kier molecular flexibility index (Phi) is 4.44. The van der Waals surface area contributed by atoms with Crippen LogP contribution in [-0.4, -0.2) is 24.3 Å². The summed E-state index contributed by atoms with van der Waals surface area (Å²) in [7, 11) is -0.359. The lowest BCUT2D eigenvalue weighted by atomic mass is 9.79. The van der Waals surface area contributed by atoms with Crippen molar-refractivity contribution in [2.75, 3.05) is 0 Å². The van der Waals surface area contributed by atoms with E-state index < -0.39 is 0 Å². The van der Waals surface area contributed by atoms with Crippen LogP contribution < -0.4 is 5.46 Å². The lowest BCUT2D eigenvalue weighted by Crippen LogP contribution is -2.41. The van der Waals surface area contributed by atoms with Gasteiger partial charge in [-0.15, -0.1) is 0 Å². The van der Waals surface area contributed by atoms with E-state index in [9.17, 15) is 4.79 Å². The lowest BCUT2D eigenvalue weighted by Gasteiger charge is -2.32. The van der Waals surface area contributed by atoms with Crippen molar-refractivity contribution >= 4 is 18.6 Å². The highest BCUT2D eigenvalue weighted by Crippen LogP contribution is 2.36. The second-order valence-electron chi connectivity index (χ2n) is 6.34. The van der Waals surface area contributed by atoms with Gasteiger partial charge in [0, 0.05) is 6.42 Å². The molecule has 1 aromatic rings. The van der Waals surface area contributed by atoms with Crippen LogP contribution in [0, 0.1) is 0 Å². The fourth-order valence-corrected chi connectivity index (χ4v) is 2.02. The molecule has 1 heterocycles. The molecule has 1 fully saturated rings. The molecule has 4 nitrogen and oxygen atoms in total. The third kappa shape index (κ3) is 3.47. The highest BCUT2D eigenvalue weighted by Gasteiger charge is 2.51. The van der Waals surface area contributed by atoms with Crippen molar-refractivity contribution in [3.63, 3.8) is 0 Å². The third-order valence-corrected chi connectivity index (χ3v) is 4.19. The quantitative estimate of drug-likeness (QED) is 0.631. The van der Waals surface area contributed by atoms with Gasteiger partial charge in [0.25, 0.3) is 0 Å². The predicted molar refractivity (Wildman–Crippen MR) is 82.2 cm³/mol. The third-order valence-electron chi connectivity index (χ3n) is 4.19. The maximum absolute atomic E-state index is 11.1. The van der Waals surface area contributed by atoms with Crippen molar-refractivity contribution in [2.45, 2.75) is 58.8 Å². The molecule has 0 aromatic heterocycles. The molecule has 1 aliphatic rings. The molecule has 0 amide bonds. The van der Waals surface area contributed by atoms with Crippen LogP contribution in [0.25, 0.3) is 0 Å². The molecule has 2 rings (SSSR count). The minimum atomic E-state index is -0.359. The van der Waals surface area contributed by atoms with Gasteiger partial charge in [-0.2, -0.15) is 0 Å². The molecule has 0 N–H and O–H groups in total. The zero-order chi connectivity index (χ0) is 15.7. The molecule has 21 heavy (non-hydrogen) atoms. The smallest absolute Gasteiger partial charge is 0.461 e. The number of rotatable bonds is 4. The number of esters is 1. The summed E-state index contributed by atoms with van der Waals surface area (Å²) >= 11 is 0. The SMILES string of the molecule is CCC(=O)OCc1ccc(B2OC(C)(C)C(C)(C)O2)cc1. The first kappa shape index (κ1) is 16.1. The van der Waals surface area contributed by atoms with Crippen LogP contribution in [0.15, 0.2) is 24.3 Å².